The lowest BCUT2D eigenvalue weighted by Crippen LogP contribution is -2.43. The Balaban J connectivity index is 0.00000208. The van der Waals surface area contributed by atoms with Gasteiger partial charge in [-0.1, -0.05) is 0 Å². The Labute approximate surface area is 170 Å². The van der Waals surface area contributed by atoms with Gasteiger partial charge in [0.1, 0.15) is 0 Å². The number of aromatic nitrogens is 1. The molecule has 0 spiro atoms. The van der Waals surface area contributed by atoms with E-state index in [9.17, 15) is 0 Å². The maximum absolute atomic E-state index is 6.15. The zero-order chi connectivity index (χ0) is 16.1. The number of hydrogen-bond donors (Lipinski definition) is 1. The van der Waals surface area contributed by atoms with Gasteiger partial charge in [0.05, 0.1) is 10.7 Å². The highest BCUT2D eigenvalue weighted by atomic mass is 127. The predicted octanol–water partition coefficient (Wildman–Crippen LogP) is 2.65. The minimum absolute atomic E-state index is 0. The first-order chi connectivity index (χ1) is 11.2. The van der Waals surface area contributed by atoms with E-state index in [1.165, 1.54) is 30.0 Å². The van der Waals surface area contributed by atoms with Gasteiger partial charge in [0.15, 0.2) is 5.96 Å². The molecule has 136 valence electrons. The molecule has 2 fully saturated rings. The van der Waals surface area contributed by atoms with Crippen LogP contribution in [0.3, 0.4) is 0 Å². The molecular weight excluding hydrogens is 453 g/mol. The Morgan fingerprint density at radius 3 is 2.62 bits per heavy atom. The average molecular weight is 481 g/mol. The van der Waals surface area contributed by atoms with Crippen molar-refractivity contribution < 1.29 is 0 Å². The highest BCUT2D eigenvalue weighted by Gasteiger charge is 2.20. The van der Waals surface area contributed by atoms with E-state index >= 15 is 0 Å². The van der Waals surface area contributed by atoms with E-state index in [4.69, 9.17) is 5.73 Å². The van der Waals surface area contributed by atoms with E-state index < -0.39 is 0 Å². The quantitative estimate of drug-likeness (QED) is 0.407. The van der Waals surface area contributed by atoms with Gasteiger partial charge in [-0.2, -0.15) is 11.8 Å². The highest BCUT2D eigenvalue weighted by molar-refractivity contribution is 14.0. The summed E-state index contributed by atoms with van der Waals surface area (Å²) < 4.78 is 0. The Hall–Kier alpha value is -0.0600. The summed E-state index contributed by atoms with van der Waals surface area (Å²) in [5, 5.41) is 3.35. The molecule has 2 saturated heterocycles. The zero-order valence-electron chi connectivity index (χ0n) is 14.3. The Bertz CT molecular complexity index is 522. The summed E-state index contributed by atoms with van der Waals surface area (Å²) in [6, 6.07) is 0. The van der Waals surface area contributed by atoms with Crippen LogP contribution in [-0.4, -0.2) is 65.0 Å². The lowest BCUT2D eigenvalue weighted by atomic mass is 9.97. The van der Waals surface area contributed by atoms with Crippen molar-refractivity contribution in [3.8, 4) is 0 Å². The molecule has 0 aliphatic carbocycles. The van der Waals surface area contributed by atoms with Crippen LogP contribution < -0.4 is 5.73 Å². The maximum atomic E-state index is 6.15. The number of guanidine groups is 1. The smallest absolute Gasteiger partial charge is 0.191 e. The first kappa shape index (κ1) is 20.3. The highest BCUT2D eigenvalue weighted by Crippen LogP contribution is 2.20. The van der Waals surface area contributed by atoms with Crippen LogP contribution in [-0.2, 0) is 6.54 Å². The van der Waals surface area contributed by atoms with Gasteiger partial charge in [-0.3, -0.25) is 9.89 Å². The van der Waals surface area contributed by atoms with Gasteiger partial charge in [-0.05, 0) is 38.8 Å². The number of likely N-dealkylation sites (tertiary alicyclic amines) is 1. The minimum Gasteiger partial charge on any atom is -0.370 e. The molecule has 8 heteroatoms. The fourth-order valence-electron chi connectivity index (χ4n) is 3.15. The van der Waals surface area contributed by atoms with E-state index in [-0.39, 0.29) is 24.0 Å². The second kappa shape index (κ2) is 10.2. The summed E-state index contributed by atoms with van der Waals surface area (Å²) in [5.41, 5.74) is 7.37. The first-order valence-corrected chi connectivity index (χ1v) is 10.5. The molecule has 3 heterocycles. The first-order valence-electron chi connectivity index (χ1n) is 8.46. The fourth-order valence-corrected chi connectivity index (χ4v) is 4.66. The van der Waals surface area contributed by atoms with Crippen LogP contribution in [0.15, 0.2) is 10.4 Å². The zero-order valence-corrected chi connectivity index (χ0v) is 18.3. The average Bonchev–Trinajstić information content (AvgIpc) is 2.99. The topological polar surface area (TPSA) is 57.8 Å². The van der Waals surface area contributed by atoms with Gasteiger partial charge < -0.3 is 10.6 Å². The summed E-state index contributed by atoms with van der Waals surface area (Å²) in [6.07, 6.45) is 2.44. The van der Waals surface area contributed by atoms with Crippen LogP contribution >= 0.6 is 47.1 Å². The van der Waals surface area contributed by atoms with E-state index in [0.29, 0.717) is 5.92 Å². The molecule has 0 radical (unpaired) electrons. The van der Waals surface area contributed by atoms with Crippen molar-refractivity contribution >= 4 is 53.0 Å². The summed E-state index contributed by atoms with van der Waals surface area (Å²) in [7, 11) is 0. The van der Waals surface area contributed by atoms with E-state index in [1.807, 2.05) is 11.8 Å². The number of halogens is 1. The molecule has 2 aliphatic rings. The number of rotatable bonds is 4. The summed E-state index contributed by atoms with van der Waals surface area (Å²) in [4.78, 5) is 14.0. The van der Waals surface area contributed by atoms with Crippen molar-refractivity contribution in [2.24, 2.45) is 16.6 Å². The summed E-state index contributed by atoms with van der Waals surface area (Å²) >= 11 is 3.75. The summed E-state index contributed by atoms with van der Waals surface area (Å²) in [5.74, 6) is 3.78. The predicted molar refractivity (Wildman–Crippen MR) is 116 cm³/mol. The molecule has 0 atom stereocenters. The van der Waals surface area contributed by atoms with Crippen LogP contribution in [0.1, 0.15) is 23.5 Å². The maximum Gasteiger partial charge on any atom is 0.191 e. The fraction of sp³-hybridized carbons (Fsp3) is 0.750. The lowest BCUT2D eigenvalue weighted by molar-refractivity contribution is 0.179. The number of thiazole rings is 1. The molecule has 3 rings (SSSR count). The van der Waals surface area contributed by atoms with Gasteiger partial charge in [-0.25, -0.2) is 4.98 Å². The van der Waals surface area contributed by atoms with Crippen molar-refractivity contribution in [2.45, 2.75) is 26.3 Å². The SMILES string of the molecule is Cc1nc(CN2CCC(CN=C(N)N3CCSCC3)CC2)cs1.I. The third-order valence-electron chi connectivity index (χ3n) is 4.61. The number of nitrogens with two attached hydrogens (primary N) is 1. The van der Waals surface area contributed by atoms with Crippen LogP contribution in [0.25, 0.3) is 0 Å². The molecule has 2 aliphatic heterocycles. The van der Waals surface area contributed by atoms with Crippen molar-refractivity contribution in [2.75, 3.05) is 44.2 Å². The van der Waals surface area contributed by atoms with E-state index in [0.717, 1.165) is 50.2 Å². The number of piperidine rings is 1. The van der Waals surface area contributed by atoms with Gasteiger partial charge in [0.2, 0.25) is 0 Å². The van der Waals surface area contributed by atoms with Crippen LogP contribution in [0, 0.1) is 12.8 Å². The number of nitrogens with zero attached hydrogens (tertiary/aromatic N) is 4. The van der Waals surface area contributed by atoms with Crippen LogP contribution in [0.5, 0.6) is 0 Å². The third-order valence-corrected chi connectivity index (χ3v) is 6.37. The lowest BCUT2D eigenvalue weighted by Gasteiger charge is -2.31. The number of hydrogen-bond acceptors (Lipinski definition) is 5. The number of aryl methyl sites for hydroxylation is 1. The molecule has 0 aromatic carbocycles. The standard InChI is InChI=1S/C16H27N5S2.HI/c1-13-19-15(12-23-13)11-20-4-2-14(3-5-20)10-18-16(17)21-6-8-22-9-7-21;/h12,14H,2-11H2,1H3,(H2,17,18);1H. The van der Waals surface area contributed by atoms with Crippen molar-refractivity contribution in [1.82, 2.24) is 14.8 Å². The molecule has 0 amide bonds. The molecular formula is C16H28IN5S2. The Morgan fingerprint density at radius 2 is 2.00 bits per heavy atom. The second-order valence-electron chi connectivity index (χ2n) is 6.38. The molecule has 0 saturated carbocycles. The van der Waals surface area contributed by atoms with Gasteiger partial charge in [-0.15, -0.1) is 35.3 Å². The molecule has 0 unspecified atom stereocenters. The molecule has 2 N–H and O–H groups in total. The molecule has 5 nitrogen and oxygen atoms in total. The Kier molecular flexibility index (Phi) is 8.59. The van der Waals surface area contributed by atoms with Gasteiger partial charge in [0.25, 0.3) is 0 Å². The number of thioether (sulfide) groups is 1. The summed E-state index contributed by atoms with van der Waals surface area (Å²) in [6.45, 7) is 8.35. The monoisotopic (exact) mass is 481 g/mol. The molecule has 1 aromatic heterocycles. The van der Waals surface area contributed by atoms with Crippen molar-refractivity contribution in [3.05, 3.63) is 16.1 Å². The van der Waals surface area contributed by atoms with Gasteiger partial charge in [0, 0.05) is 43.1 Å². The largest absolute Gasteiger partial charge is 0.370 e. The van der Waals surface area contributed by atoms with Crippen molar-refractivity contribution in [3.63, 3.8) is 0 Å². The Morgan fingerprint density at radius 1 is 1.29 bits per heavy atom. The normalized spacial score (nSPS) is 20.9. The third kappa shape index (κ3) is 6.03. The van der Waals surface area contributed by atoms with Crippen LogP contribution in [0.2, 0.25) is 0 Å². The molecule has 1 aromatic rings. The molecule has 0 bridgehead atoms. The van der Waals surface area contributed by atoms with Crippen molar-refractivity contribution in [1.29, 1.82) is 0 Å². The second-order valence-corrected chi connectivity index (χ2v) is 8.66. The van der Waals surface area contributed by atoms with Gasteiger partial charge >= 0.3 is 0 Å². The van der Waals surface area contributed by atoms with E-state index in [1.54, 1.807) is 11.3 Å². The molecule has 24 heavy (non-hydrogen) atoms. The minimum atomic E-state index is 0. The van der Waals surface area contributed by atoms with Crippen LogP contribution in [0.4, 0.5) is 0 Å². The van der Waals surface area contributed by atoms with E-state index in [2.05, 4.69) is 32.1 Å². The number of aliphatic imine (C=N–C) groups is 1.